The van der Waals surface area contributed by atoms with Gasteiger partial charge in [-0.1, -0.05) is 38.3 Å². The van der Waals surface area contributed by atoms with Gasteiger partial charge >= 0.3 is 0 Å². The summed E-state index contributed by atoms with van der Waals surface area (Å²) in [5.41, 5.74) is 2.15. The van der Waals surface area contributed by atoms with E-state index in [1.807, 2.05) is 6.20 Å². The zero-order valence-corrected chi connectivity index (χ0v) is 13.0. The number of anilines is 1. The van der Waals surface area contributed by atoms with E-state index in [-0.39, 0.29) is 0 Å². The van der Waals surface area contributed by atoms with Crippen LogP contribution in [0.25, 0.3) is 0 Å². The summed E-state index contributed by atoms with van der Waals surface area (Å²) in [7, 11) is 0. The van der Waals surface area contributed by atoms with Crippen molar-refractivity contribution in [2.24, 2.45) is 11.8 Å². The smallest absolute Gasteiger partial charge is 0.152 e. The maximum absolute atomic E-state index is 6.16. The van der Waals surface area contributed by atoms with E-state index in [9.17, 15) is 0 Å². The second kappa shape index (κ2) is 6.60. The summed E-state index contributed by atoms with van der Waals surface area (Å²) in [6, 6.07) is 2.65. The number of aromatic nitrogens is 1. The highest BCUT2D eigenvalue weighted by Gasteiger charge is 2.23. The van der Waals surface area contributed by atoms with Gasteiger partial charge in [0.25, 0.3) is 0 Å². The third kappa shape index (κ3) is 4.38. The molecule has 1 aromatic heterocycles. The average Bonchev–Trinajstić information content (AvgIpc) is 2.33. The molecule has 0 saturated heterocycles. The lowest BCUT2D eigenvalue weighted by atomic mass is 9.81. The summed E-state index contributed by atoms with van der Waals surface area (Å²) in [6.07, 6.45) is 8.39. The molecule has 19 heavy (non-hydrogen) atoms. The molecule has 1 heterocycles. The molecule has 2 rings (SSSR count). The predicted molar refractivity (Wildman–Crippen MR) is 82.8 cm³/mol. The van der Waals surface area contributed by atoms with Gasteiger partial charge in [-0.15, -0.1) is 0 Å². The highest BCUT2D eigenvalue weighted by atomic mass is 35.5. The molecule has 0 aliphatic heterocycles. The van der Waals surface area contributed by atoms with Crippen molar-refractivity contribution in [3.05, 3.63) is 23.0 Å². The van der Waals surface area contributed by atoms with E-state index in [2.05, 4.69) is 37.1 Å². The molecule has 0 bridgehead atoms. The molecule has 106 valence electrons. The number of halogens is 1. The normalized spacial score (nSPS) is 23.6. The molecule has 1 fully saturated rings. The number of aryl methyl sites for hydroxylation is 1. The molecule has 1 aliphatic rings. The highest BCUT2D eigenvalue weighted by Crippen LogP contribution is 2.32. The fraction of sp³-hybridized carbons (Fsp3) is 0.688. The standard InChI is InChI=1S/C16H25ClN2/c1-11(2)7-13-5-4-6-14(9-13)19-15-8-12(3)10-18-16(15)17/h8,10-11,13-14,19H,4-7,9H2,1-3H3. The number of hydrogen-bond acceptors (Lipinski definition) is 2. The number of rotatable bonds is 4. The molecule has 2 nitrogen and oxygen atoms in total. The lowest BCUT2D eigenvalue weighted by molar-refractivity contribution is 0.289. The van der Waals surface area contributed by atoms with Crippen LogP contribution in [0.1, 0.15) is 51.5 Å². The molecular formula is C16H25ClN2. The Balaban J connectivity index is 1.96. The molecule has 1 aliphatic carbocycles. The van der Waals surface area contributed by atoms with E-state index in [1.165, 1.54) is 32.1 Å². The van der Waals surface area contributed by atoms with E-state index in [1.54, 1.807) is 0 Å². The van der Waals surface area contributed by atoms with E-state index in [0.29, 0.717) is 11.2 Å². The number of hydrogen-bond donors (Lipinski definition) is 1. The Morgan fingerprint density at radius 2 is 2.21 bits per heavy atom. The van der Waals surface area contributed by atoms with Crippen LogP contribution in [-0.4, -0.2) is 11.0 Å². The minimum absolute atomic E-state index is 0.554. The minimum atomic E-state index is 0.554. The van der Waals surface area contributed by atoms with Crippen LogP contribution >= 0.6 is 11.6 Å². The van der Waals surface area contributed by atoms with Gasteiger partial charge in [0, 0.05) is 12.2 Å². The third-order valence-electron chi connectivity index (χ3n) is 3.92. The van der Waals surface area contributed by atoms with Gasteiger partial charge in [-0.2, -0.15) is 0 Å². The summed E-state index contributed by atoms with van der Waals surface area (Å²) in [5, 5.41) is 4.19. The van der Waals surface area contributed by atoms with Gasteiger partial charge in [-0.3, -0.25) is 0 Å². The van der Waals surface area contributed by atoms with Crippen molar-refractivity contribution in [3.8, 4) is 0 Å². The van der Waals surface area contributed by atoms with Gasteiger partial charge in [-0.25, -0.2) is 4.98 Å². The molecule has 0 aromatic carbocycles. The first-order chi connectivity index (χ1) is 9.04. The molecule has 0 spiro atoms. The quantitative estimate of drug-likeness (QED) is 0.780. The SMILES string of the molecule is Cc1cnc(Cl)c(NC2CCCC(CC(C)C)C2)c1. The second-order valence-corrected chi connectivity index (χ2v) is 6.71. The highest BCUT2D eigenvalue weighted by molar-refractivity contribution is 6.31. The van der Waals surface area contributed by atoms with Crippen molar-refractivity contribution in [1.29, 1.82) is 0 Å². The molecule has 1 aromatic rings. The van der Waals surface area contributed by atoms with Crippen LogP contribution in [0.15, 0.2) is 12.3 Å². The second-order valence-electron chi connectivity index (χ2n) is 6.35. The van der Waals surface area contributed by atoms with Crippen molar-refractivity contribution in [1.82, 2.24) is 4.98 Å². The Hall–Kier alpha value is -0.760. The maximum Gasteiger partial charge on any atom is 0.152 e. The van der Waals surface area contributed by atoms with Crippen LogP contribution in [0.5, 0.6) is 0 Å². The lowest BCUT2D eigenvalue weighted by Gasteiger charge is -2.31. The summed E-state index contributed by atoms with van der Waals surface area (Å²) in [5.74, 6) is 1.66. The molecule has 1 saturated carbocycles. The van der Waals surface area contributed by atoms with Crippen LogP contribution in [0.2, 0.25) is 5.15 Å². The molecule has 3 heteroatoms. The first-order valence-corrected chi connectivity index (χ1v) is 7.81. The van der Waals surface area contributed by atoms with Crippen LogP contribution in [0.3, 0.4) is 0 Å². The van der Waals surface area contributed by atoms with E-state index >= 15 is 0 Å². The lowest BCUT2D eigenvalue weighted by Crippen LogP contribution is -2.28. The van der Waals surface area contributed by atoms with Crippen molar-refractivity contribution in [2.45, 2.75) is 58.9 Å². The first kappa shape index (κ1) is 14.6. The number of nitrogens with zero attached hydrogens (tertiary/aromatic N) is 1. The van der Waals surface area contributed by atoms with Gasteiger partial charge in [0.2, 0.25) is 0 Å². The van der Waals surface area contributed by atoms with Crippen LogP contribution in [0.4, 0.5) is 5.69 Å². The van der Waals surface area contributed by atoms with E-state index < -0.39 is 0 Å². The fourth-order valence-corrected chi connectivity index (χ4v) is 3.33. The Morgan fingerprint density at radius 1 is 1.42 bits per heavy atom. The molecule has 0 amide bonds. The molecule has 2 atom stereocenters. The zero-order valence-electron chi connectivity index (χ0n) is 12.2. The van der Waals surface area contributed by atoms with Gasteiger partial charge < -0.3 is 5.32 Å². The third-order valence-corrected chi connectivity index (χ3v) is 4.22. The fourth-order valence-electron chi connectivity index (χ4n) is 3.18. The van der Waals surface area contributed by atoms with Crippen molar-refractivity contribution < 1.29 is 0 Å². The zero-order chi connectivity index (χ0) is 13.8. The average molecular weight is 281 g/mol. The van der Waals surface area contributed by atoms with E-state index in [0.717, 1.165) is 23.1 Å². The van der Waals surface area contributed by atoms with Crippen molar-refractivity contribution in [3.63, 3.8) is 0 Å². The Bertz CT molecular complexity index is 417. The number of nitrogens with one attached hydrogen (secondary N) is 1. The van der Waals surface area contributed by atoms with Crippen LogP contribution < -0.4 is 5.32 Å². The Kier molecular flexibility index (Phi) is 5.09. The van der Waals surface area contributed by atoms with Crippen LogP contribution in [-0.2, 0) is 0 Å². The predicted octanol–water partition coefficient (Wildman–Crippen LogP) is 5.06. The molecule has 0 radical (unpaired) electrons. The van der Waals surface area contributed by atoms with Gasteiger partial charge in [0.1, 0.15) is 0 Å². The number of pyridine rings is 1. The molecule has 2 unspecified atom stereocenters. The van der Waals surface area contributed by atoms with Crippen LogP contribution in [0, 0.1) is 18.8 Å². The van der Waals surface area contributed by atoms with Crippen molar-refractivity contribution >= 4 is 17.3 Å². The Morgan fingerprint density at radius 3 is 2.95 bits per heavy atom. The van der Waals surface area contributed by atoms with Gasteiger partial charge in [-0.05, 0) is 49.7 Å². The minimum Gasteiger partial charge on any atom is -0.380 e. The van der Waals surface area contributed by atoms with E-state index in [4.69, 9.17) is 11.6 Å². The maximum atomic E-state index is 6.16. The topological polar surface area (TPSA) is 24.9 Å². The Labute approximate surface area is 122 Å². The summed E-state index contributed by atoms with van der Waals surface area (Å²) in [6.45, 7) is 6.69. The molecule has 1 N–H and O–H groups in total. The monoisotopic (exact) mass is 280 g/mol. The molecular weight excluding hydrogens is 256 g/mol. The van der Waals surface area contributed by atoms with Gasteiger partial charge in [0.05, 0.1) is 5.69 Å². The summed E-state index contributed by atoms with van der Waals surface area (Å²) in [4.78, 5) is 4.21. The van der Waals surface area contributed by atoms with Gasteiger partial charge in [0.15, 0.2) is 5.15 Å². The summed E-state index contributed by atoms with van der Waals surface area (Å²) >= 11 is 6.16. The van der Waals surface area contributed by atoms with Crippen molar-refractivity contribution in [2.75, 3.05) is 5.32 Å². The first-order valence-electron chi connectivity index (χ1n) is 7.43. The summed E-state index contributed by atoms with van der Waals surface area (Å²) < 4.78 is 0. The largest absolute Gasteiger partial charge is 0.380 e.